The average molecular weight is 445 g/mol. The molecule has 0 saturated carbocycles. The first kappa shape index (κ1) is 21.7. The summed E-state index contributed by atoms with van der Waals surface area (Å²) in [7, 11) is 0. The van der Waals surface area contributed by atoms with Crippen molar-refractivity contribution in [2.24, 2.45) is 0 Å². The van der Waals surface area contributed by atoms with Crippen LogP contribution < -0.4 is 4.90 Å². The van der Waals surface area contributed by atoms with E-state index in [1.807, 2.05) is 21.9 Å². The molecule has 0 bridgehead atoms. The zero-order valence-electron chi connectivity index (χ0n) is 17.5. The number of carbonyl (C=O) groups excluding carboxylic acids is 1. The summed E-state index contributed by atoms with van der Waals surface area (Å²) in [5.74, 6) is 0.108. The Morgan fingerprint density at radius 3 is 2.68 bits per heavy atom. The smallest absolute Gasteiger partial charge is 0.292 e. The third kappa shape index (κ3) is 5.61. The molecule has 1 aromatic carbocycles. The van der Waals surface area contributed by atoms with Gasteiger partial charge in [0, 0.05) is 56.8 Å². The molecule has 0 radical (unpaired) electrons. The van der Waals surface area contributed by atoms with Gasteiger partial charge in [-0.15, -0.1) is 11.3 Å². The van der Waals surface area contributed by atoms with E-state index in [1.165, 1.54) is 10.9 Å². The van der Waals surface area contributed by atoms with Gasteiger partial charge in [-0.25, -0.2) is 0 Å². The Labute approximate surface area is 186 Å². The number of ether oxygens (including phenoxy) is 1. The van der Waals surface area contributed by atoms with E-state index >= 15 is 0 Å². The van der Waals surface area contributed by atoms with Crippen LogP contribution in [0.1, 0.15) is 17.7 Å². The summed E-state index contributed by atoms with van der Waals surface area (Å²) in [6, 6.07) is 10.9. The second-order valence-electron chi connectivity index (χ2n) is 8.00. The molecule has 9 heteroatoms. The van der Waals surface area contributed by atoms with Gasteiger partial charge in [-0.1, -0.05) is 18.2 Å². The Balaban J connectivity index is 1.35. The highest BCUT2D eigenvalue weighted by Crippen LogP contribution is 2.28. The summed E-state index contributed by atoms with van der Waals surface area (Å²) in [6.45, 7) is 5.00. The predicted octanol–water partition coefficient (Wildman–Crippen LogP) is 2.99. The fourth-order valence-corrected chi connectivity index (χ4v) is 5.00. The number of nitrogens with zero attached hydrogens (tertiary/aromatic N) is 4. The normalized spacial score (nSPS) is 19.2. The average Bonchev–Trinajstić information content (AvgIpc) is 3.48. The molecule has 31 heavy (non-hydrogen) atoms. The number of nitro benzene ring substituents is 1. The lowest BCUT2D eigenvalue weighted by molar-refractivity contribution is -0.384. The van der Waals surface area contributed by atoms with E-state index in [0.717, 1.165) is 32.5 Å². The summed E-state index contributed by atoms with van der Waals surface area (Å²) in [5, 5.41) is 13.4. The molecule has 8 nitrogen and oxygen atoms in total. The second-order valence-corrected chi connectivity index (χ2v) is 9.03. The van der Waals surface area contributed by atoms with Crippen molar-refractivity contribution >= 4 is 28.6 Å². The van der Waals surface area contributed by atoms with E-state index in [4.69, 9.17) is 4.74 Å². The first-order valence-electron chi connectivity index (χ1n) is 10.7. The van der Waals surface area contributed by atoms with Gasteiger partial charge in [-0.05, 0) is 30.4 Å². The largest absolute Gasteiger partial charge is 0.377 e. The topological polar surface area (TPSA) is 79.2 Å². The number of piperazine rings is 1. The molecule has 2 aliphatic heterocycles. The fraction of sp³-hybridized carbons (Fsp3) is 0.500. The number of hydrogen-bond donors (Lipinski definition) is 0. The van der Waals surface area contributed by atoms with Crippen LogP contribution in [0, 0.1) is 10.1 Å². The predicted molar refractivity (Wildman–Crippen MR) is 120 cm³/mol. The molecule has 4 rings (SSSR count). The number of hydrogen-bond acceptors (Lipinski definition) is 7. The van der Waals surface area contributed by atoms with Crippen LogP contribution in [0.3, 0.4) is 0 Å². The minimum Gasteiger partial charge on any atom is -0.377 e. The molecule has 2 fully saturated rings. The highest BCUT2D eigenvalue weighted by atomic mass is 32.1. The molecule has 2 aromatic rings. The quantitative estimate of drug-likeness (QED) is 0.460. The van der Waals surface area contributed by atoms with Crippen LogP contribution in [0.2, 0.25) is 0 Å². The van der Waals surface area contributed by atoms with Gasteiger partial charge >= 0.3 is 0 Å². The Morgan fingerprint density at radius 1 is 1.19 bits per heavy atom. The molecule has 0 N–H and O–H groups in total. The molecule has 1 atom stereocenters. The van der Waals surface area contributed by atoms with Crippen LogP contribution in [-0.4, -0.2) is 72.6 Å². The molecule has 1 aromatic heterocycles. The lowest BCUT2D eigenvalue weighted by Crippen LogP contribution is -2.51. The van der Waals surface area contributed by atoms with Crippen molar-refractivity contribution in [3.05, 3.63) is 56.8 Å². The number of amides is 1. The van der Waals surface area contributed by atoms with Crippen LogP contribution in [0.25, 0.3) is 0 Å². The highest BCUT2D eigenvalue weighted by molar-refractivity contribution is 7.09. The van der Waals surface area contributed by atoms with Crippen molar-refractivity contribution in [2.75, 3.05) is 50.8 Å². The molecular weight excluding hydrogens is 416 g/mol. The van der Waals surface area contributed by atoms with Gasteiger partial charge < -0.3 is 14.5 Å². The number of benzene rings is 1. The lowest BCUT2D eigenvalue weighted by atomic mass is 10.2. The molecule has 2 aliphatic rings. The van der Waals surface area contributed by atoms with Crippen molar-refractivity contribution in [2.45, 2.75) is 25.5 Å². The SMILES string of the molecule is O=C(CN(Cc1cccs1)C[C@@H]1CCCO1)N1CCN(c2ccccc2[N+](=O)[O-])CC1. The maximum Gasteiger partial charge on any atom is 0.292 e. The van der Waals surface area contributed by atoms with Crippen LogP contribution in [0.15, 0.2) is 41.8 Å². The molecule has 1 amide bonds. The number of anilines is 1. The van der Waals surface area contributed by atoms with Gasteiger partial charge in [0.15, 0.2) is 0 Å². The summed E-state index contributed by atoms with van der Waals surface area (Å²) < 4.78 is 5.80. The van der Waals surface area contributed by atoms with Crippen LogP contribution in [0.5, 0.6) is 0 Å². The molecule has 3 heterocycles. The molecule has 2 saturated heterocycles. The number of thiophene rings is 1. The van der Waals surface area contributed by atoms with Crippen LogP contribution in [0.4, 0.5) is 11.4 Å². The van der Waals surface area contributed by atoms with E-state index < -0.39 is 0 Å². The minimum atomic E-state index is -0.347. The highest BCUT2D eigenvalue weighted by Gasteiger charge is 2.27. The first-order chi connectivity index (χ1) is 15.1. The number of rotatable bonds is 8. The number of nitro groups is 1. The van der Waals surface area contributed by atoms with E-state index in [-0.39, 0.29) is 22.6 Å². The zero-order valence-corrected chi connectivity index (χ0v) is 18.3. The van der Waals surface area contributed by atoms with E-state index in [1.54, 1.807) is 23.5 Å². The van der Waals surface area contributed by atoms with Crippen LogP contribution >= 0.6 is 11.3 Å². The van der Waals surface area contributed by atoms with Crippen molar-refractivity contribution in [3.63, 3.8) is 0 Å². The minimum absolute atomic E-state index is 0.108. The standard InChI is InChI=1S/C22H28N4O4S/c27-22(17-23(15-18-5-3-13-30-18)16-19-6-4-14-31-19)25-11-9-24(10-12-25)20-7-1-2-8-21(20)26(28)29/h1-2,4,6-8,14,18H,3,5,9-13,15-17H2/t18-/m0/s1. The van der Waals surface area contributed by atoms with E-state index in [2.05, 4.69) is 16.3 Å². The lowest BCUT2D eigenvalue weighted by Gasteiger charge is -2.37. The number of carbonyl (C=O) groups is 1. The van der Waals surface area contributed by atoms with Gasteiger partial charge in [0.05, 0.1) is 17.6 Å². The van der Waals surface area contributed by atoms with Crippen LogP contribution in [-0.2, 0) is 16.1 Å². The van der Waals surface area contributed by atoms with E-state index in [0.29, 0.717) is 38.4 Å². The first-order valence-corrected chi connectivity index (χ1v) is 11.6. The molecule has 166 valence electrons. The molecular formula is C22H28N4O4S. The Hall–Kier alpha value is -2.49. The van der Waals surface area contributed by atoms with Gasteiger partial charge in [-0.3, -0.25) is 19.8 Å². The van der Waals surface area contributed by atoms with Crippen molar-refractivity contribution in [1.29, 1.82) is 0 Å². The van der Waals surface area contributed by atoms with Gasteiger partial charge in [0.1, 0.15) is 5.69 Å². The fourth-order valence-electron chi connectivity index (χ4n) is 4.26. The second kappa shape index (κ2) is 10.2. The zero-order chi connectivity index (χ0) is 21.6. The summed E-state index contributed by atoms with van der Waals surface area (Å²) in [4.78, 5) is 31.3. The van der Waals surface area contributed by atoms with Crippen molar-refractivity contribution < 1.29 is 14.5 Å². The molecule has 0 unspecified atom stereocenters. The Bertz CT molecular complexity index is 877. The molecule has 0 spiro atoms. The Morgan fingerprint density at radius 2 is 2.00 bits per heavy atom. The number of para-hydroxylation sites is 2. The van der Waals surface area contributed by atoms with Gasteiger partial charge in [0.25, 0.3) is 5.69 Å². The monoisotopic (exact) mass is 444 g/mol. The third-order valence-electron chi connectivity index (χ3n) is 5.86. The van der Waals surface area contributed by atoms with E-state index in [9.17, 15) is 14.9 Å². The van der Waals surface area contributed by atoms with Gasteiger partial charge in [-0.2, -0.15) is 0 Å². The summed E-state index contributed by atoms with van der Waals surface area (Å²) in [6.07, 6.45) is 2.33. The molecule has 0 aliphatic carbocycles. The maximum absolute atomic E-state index is 13.0. The van der Waals surface area contributed by atoms with Gasteiger partial charge in [0.2, 0.25) is 5.91 Å². The summed E-state index contributed by atoms with van der Waals surface area (Å²) >= 11 is 1.70. The van der Waals surface area contributed by atoms with Crippen molar-refractivity contribution in [1.82, 2.24) is 9.80 Å². The maximum atomic E-state index is 13.0. The van der Waals surface area contributed by atoms with Crippen molar-refractivity contribution in [3.8, 4) is 0 Å². The third-order valence-corrected chi connectivity index (χ3v) is 6.72. The summed E-state index contributed by atoms with van der Waals surface area (Å²) in [5.41, 5.74) is 0.735. The Kier molecular flexibility index (Phi) is 7.16.